The molecule has 0 saturated heterocycles. The molecule has 0 unspecified atom stereocenters. The average molecular weight is 755 g/mol. The van der Waals surface area contributed by atoms with Gasteiger partial charge in [0.2, 0.25) is 0 Å². The van der Waals surface area contributed by atoms with Crippen LogP contribution < -0.4 is 9.80 Å². The van der Waals surface area contributed by atoms with Gasteiger partial charge in [0.1, 0.15) is 22.3 Å². The highest BCUT2D eigenvalue weighted by molar-refractivity contribution is 6.27. The number of furan rings is 2. The molecule has 0 saturated carbocycles. The van der Waals surface area contributed by atoms with Crippen LogP contribution in [0.2, 0.25) is 0 Å². The number of fused-ring (bicyclic) bond motifs is 9. The molecule has 2 aromatic heterocycles. The number of hydrogen-bond acceptors (Lipinski definition) is 4. The minimum absolute atomic E-state index is 0.0757. The predicted octanol–water partition coefficient (Wildman–Crippen LogP) is 16.2. The summed E-state index contributed by atoms with van der Waals surface area (Å²) < 4.78 is 13.3. The van der Waals surface area contributed by atoms with Crippen LogP contribution in [0.1, 0.15) is 52.7 Å². The molecule has 4 heteroatoms. The van der Waals surface area contributed by atoms with Crippen molar-refractivity contribution in [2.45, 2.75) is 52.4 Å². The maximum Gasteiger partial charge on any atom is 0.137 e. The molecule has 0 aliphatic rings. The molecule has 284 valence electrons. The van der Waals surface area contributed by atoms with Crippen LogP contribution in [0, 0.1) is 0 Å². The van der Waals surface area contributed by atoms with E-state index < -0.39 is 0 Å². The summed E-state index contributed by atoms with van der Waals surface area (Å²) in [5, 5.41) is 6.69. The Hall–Kier alpha value is -6.78. The van der Waals surface area contributed by atoms with Crippen molar-refractivity contribution in [1.82, 2.24) is 0 Å². The standard InChI is InChI=1S/C54H46N2O2/c1-53(2,3)35-17-21-39(22-18-35)55(37-13-9-7-10-14-37)41-25-27-45-49(33-41)57-47-31-29-44-43(51(45)47)30-32-48-52(44)46-28-26-42(34-50(46)58-48)56(38-15-11-8-12-16-38)40-23-19-36(20-24-40)54(4,5)6/h7-34H,1-6H3. The van der Waals surface area contributed by atoms with Crippen molar-refractivity contribution in [1.29, 1.82) is 0 Å². The third-order valence-corrected chi connectivity index (χ3v) is 11.6. The summed E-state index contributed by atoms with van der Waals surface area (Å²) in [6, 6.07) is 60.7. The zero-order valence-corrected chi connectivity index (χ0v) is 33.9. The van der Waals surface area contributed by atoms with Crippen molar-refractivity contribution >= 4 is 88.8 Å². The Morgan fingerprint density at radius 1 is 0.310 bits per heavy atom. The molecule has 10 aromatic rings. The van der Waals surface area contributed by atoms with E-state index >= 15 is 0 Å². The zero-order valence-electron chi connectivity index (χ0n) is 33.9. The fraction of sp³-hybridized carbons (Fsp3) is 0.148. The molecule has 0 bridgehead atoms. The lowest BCUT2D eigenvalue weighted by Crippen LogP contribution is -2.13. The molecule has 0 spiro atoms. The topological polar surface area (TPSA) is 32.8 Å². The summed E-state index contributed by atoms with van der Waals surface area (Å²) in [6.45, 7) is 13.5. The Kier molecular flexibility index (Phi) is 8.24. The Morgan fingerprint density at radius 2 is 0.638 bits per heavy atom. The fourth-order valence-corrected chi connectivity index (χ4v) is 8.48. The number of rotatable bonds is 6. The van der Waals surface area contributed by atoms with Gasteiger partial charge < -0.3 is 18.6 Å². The third-order valence-electron chi connectivity index (χ3n) is 11.6. The van der Waals surface area contributed by atoms with E-state index in [9.17, 15) is 0 Å². The highest BCUT2D eigenvalue weighted by Crippen LogP contribution is 2.45. The van der Waals surface area contributed by atoms with Gasteiger partial charge in [-0.05, 0) is 130 Å². The van der Waals surface area contributed by atoms with Crippen LogP contribution in [0.25, 0.3) is 54.6 Å². The molecule has 2 heterocycles. The van der Waals surface area contributed by atoms with E-state index in [1.54, 1.807) is 0 Å². The number of para-hydroxylation sites is 2. The Morgan fingerprint density at radius 3 is 1.00 bits per heavy atom. The Balaban J connectivity index is 1.08. The average Bonchev–Trinajstić information content (AvgIpc) is 3.80. The molecule has 0 atom stereocenters. The summed E-state index contributed by atoms with van der Waals surface area (Å²) in [5.74, 6) is 0. The van der Waals surface area contributed by atoms with E-state index in [0.717, 1.165) is 88.8 Å². The van der Waals surface area contributed by atoms with Gasteiger partial charge in [-0.3, -0.25) is 0 Å². The highest BCUT2D eigenvalue weighted by Gasteiger charge is 2.22. The van der Waals surface area contributed by atoms with E-state index in [0.29, 0.717) is 0 Å². The Bertz CT molecular complexity index is 2890. The second kappa shape index (κ2) is 13.4. The quantitative estimate of drug-likeness (QED) is 0.169. The van der Waals surface area contributed by atoms with Gasteiger partial charge in [0.25, 0.3) is 0 Å². The van der Waals surface area contributed by atoms with Crippen LogP contribution >= 0.6 is 0 Å². The van der Waals surface area contributed by atoms with Gasteiger partial charge in [-0.15, -0.1) is 0 Å². The molecule has 0 fully saturated rings. The van der Waals surface area contributed by atoms with Crippen LogP contribution in [0.3, 0.4) is 0 Å². The van der Waals surface area contributed by atoms with Crippen molar-refractivity contribution in [2.75, 3.05) is 9.80 Å². The predicted molar refractivity (Wildman–Crippen MR) is 245 cm³/mol. The van der Waals surface area contributed by atoms with E-state index in [-0.39, 0.29) is 10.8 Å². The summed E-state index contributed by atoms with van der Waals surface area (Å²) in [4.78, 5) is 4.60. The molecular weight excluding hydrogens is 709 g/mol. The first-order chi connectivity index (χ1) is 28.0. The van der Waals surface area contributed by atoms with Crippen molar-refractivity contribution < 1.29 is 8.83 Å². The molecule has 4 nitrogen and oxygen atoms in total. The van der Waals surface area contributed by atoms with Crippen molar-refractivity contribution in [3.05, 3.63) is 181 Å². The second-order valence-electron chi connectivity index (χ2n) is 17.5. The lowest BCUT2D eigenvalue weighted by molar-refractivity contribution is 0.590. The van der Waals surface area contributed by atoms with Crippen LogP contribution in [-0.4, -0.2) is 0 Å². The molecule has 10 rings (SSSR count). The van der Waals surface area contributed by atoms with Crippen molar-refractivity contribution in [3.63, 3.8) is 0 Å². The number of nitrogens with zero attached hydrogens (tertiary/aromatic N) is 2. The SMILES string of the molecule is CC(C)(C)c1ccc(N(c2ccccc2)c2ccc3c(c2)oc2ccc4c(ccc5oc6cc(N(c7ccccc7)c7ccc(C(C)(C)C)cc7)ccc6c54)c23)cc1. The Labute approximate surface area is 339 Å². The van der Waals surface area contributed by atoms with Crippen molar-refractivity contribution in [3.8, 4) is 0 Å². The van der Waals surface area contributed by atoms with E-state index in [4.69, 9.17) is 8.83 Å². The maximum atomic E-state index is 6.66. The number of hydrogen-bond donors (Lipinski definition) is 0. The highest BCUT2D eigenvalue weighted by atomic mass is 16.3. The van der Waals surface area contributed by atoms with Gasteiger partial charge in [0, 0.05) is 67.8 Å². The normalized spacial score (nSPS) is 12.3. The van der Waals surface area contributed by atoms with Gasteiger partial charge in [0.15, 0.2) is 0 Å². The van der Waals surface area contributed by atoms with Crippen LogP contribution in [0.5, 0.6) is 0 Å². The summed E-state index contributed by atoms with van der Waals surface area (Å²) in [7, 11) is 0. The lowest BCUT2D eigenvalue weighted by atomic mass is 9.87. The first kappa shape index (κ1) is 35.6. The minimum Gasteiger partial charge on any atom is -0.456 e. The molecule has 0 N–H and O–H groups in total. The van der Waals surface area contributed by atoms with Gasteiger partial charge >= 0.3 is 0 Å². The summed E-state index contributed by atoms with van der Waals surface area (Å²) in [6.07, 6.45) is 0. The van der Waals surface area contributed by atoms with Crippen LogP contribution in [0.4, 0.5) is 34.1 Å². The van der Waals surface area contributed by atoms with Crippen molar-refractivity contribution in [2.24, 2.45) is 0 Å². The first-order valence-corrected chi connectivity index (χ1v) is 20.2. The number of anilines is 6. The van der Waals surface area contributed by atoms with E-state index in [1.165, 1.54) is 11.1 Å². The minimum atomic E-state index is 0.0757. The monoisotopic (exact) mass is 754 g/mol. The molecule has 8 aromatic carbocycles. The molecule has 0 amide bonds. The summed E-state index contributed by atoms with van der Waals surface area (Å²) >= 11 is 0. The van der Waals surface area contributed by atoms with Crippen LogP contribution in [-0.2, 0) is 10.8 Å². The van der Waals surface area contributed by atoms with Gasteiger partial charge in [0.05, 0.1) is 0 Å². The molecule has 58 heavy (non-hydrogen) atoms. The largest absolute Gasteiger partial charge is 0.456 e. The van der Waals surface area contributed by atoms with Gasteiger partial charge in [-0.2, -0.15) is 0 Å². The zero-order chi connectivity index (χ0) is 39.8. The van der Waals surface area contributed by atoms with Crippen LogP contribution in [0.15, 0.2) is 179 Å². The maximum absolute atomic E-state index is 6.66. The lowest BCUT2D eigenvalue weighted by Gasteiger charge is -2.27. The van der Waals surface area contributed by atoms with Gasteiger partial charge in [-0.1, -0.05) is 102 Å². The summed E-state index contributed by atoms with van der Waals surface area (Å²) in [5.41, 5.74) is 12.7. The van der Waals surface area contributed by atoms with E-state index in [2.05, 4.69) is 221 Å². The van der Waals surface area contributed by atoms with E-state index in [1.807, 2.05) is 0 Å². The molecule has 0 radical (unpaired) electrons. The first-order valence-electron chi connectivity index (χ1n) is 20.2. The second-order valence-corrected chi connectivity index (χ2v) is 17.5. The molecule has 0 aliphatic heterocycles. The number of benzene rings is 8. The molecule has 0 aliphatic carbocycles. The third kappa shape index (κ3) is 6.08. The van der Waals surface area contributed by atoms with Gasteiger partial charge in [-0.25, -0.2) is 0 Å². The molecular formula is C54H46N2O2. The smallest absolute Gasteiger partial charge is 0.137 e. The fourth-order valence-electron chi connectivity index (χ4n) is 8.48.